The Morgan fingerprint density at radius 2 is 1.72 bits per heavy atom. The maximum atomic E-state index is 14.3. The summed E-state index contributed by atoms with van der Waals surface area (Å²) in [6.07, 6.45) is -5.89. The Bertz CT molecular complexity index is 1400. The third-order valence-corrected chi connectivity index (χ3v) is 12.6. The van der Waals surface area contributed by atoms with Gasteiger partial charge in [-0.3, -0.25) is 9.59 Å². The van der Waals surface area contributed by atoms with Gasteiger partial charge in [-0.2, -0.15) is 0 Å². The monoisotopic (exact) mass is 828 g/mol. The largest absolute Gasteiger partial charge is 0.459 e. The van der Waals surface area contributed by atoms with Crippen molar-refractivity contribution in [2.75, 3.05) is 34.9 Å². The number of carbonyl (C=O) groups excluding carboxylic acids is 3. The third-order valence-electron chi connectivity index (χ3n) is 11.8. The van der Waals surface area contributed by atoms with E-state index in [4.69, 9.17) is 28.4 Å². The lowest BCUT2D eigenvalue weighted by atomic mass is 9.72. The molecule has 13 nitrogen and oxygen atoms in total. The number of nitrogens with one attached hydrogen (secondary N) is 1. The number of benzene rings is 1. The first kappa shape index (κ1) is 46.2. The van der Waals surface area contributed by atoms with Gasteiger partial charge in [0.25, 0.3) is 0 Å². The first-order valence-electron chi connectivity index (χ1n) is 19.1. The molecule has 3 N–H and O–H groups in total. The Balaban J connectivity index is 2.12. The Morgan fingerprint density at radius 1 is 1.07 bits per heavy atom. The second kappa shape index (κ2) is 19.8. The van der Waals surface area contributed by atoms with E-state index in [0.29, 0.717) is 12.8 Å². The van der Waals surface area contributed by atoms with Crippen molar-refractivity contribution in [1.82, 2.24) is 10.2 Å². The van der Waals surface area contributed by atoms with Crippen LogP contribution in [-0.4, -0.2) is 128 Å². The van der Waals surface area contributed by atoms with Gasteiger partial charge in [0, 0.05) is 55.5 Å². The van der Waals surface area contributed by atoms with Gasteiger partial charge in [0.15, 0.2) is 6.29 Å². The predicted octanol–water partition coefficient (Wildman–Crippen LogP) is 4.91. The van der Waals surface area contributed by atoms with E-state index in [2.05, 4.69) is 21.2 Å². The Hall–Kier alpha value is -2.17. The number of cyclic esters (lactones) is 1. The van der Waals surface area contributed by atoms with Crippen molar-refractivity contribution >= 4 is 33.8 Å². The number of halogens is 1. The molecule has 2 heterocycles. The smallest absolute Gasteiger partial charge is 0.407 e. The Labute approximate surface area is 330 Å². The van der Waals surface area contributed by atoms with E-state index < -0.39 is 83.7 Å². The van der Waals surface area contributed by atoms with Gasteiger partial charge in [-0.15, -0.1) is 0 Å². The number of rotatable bonds is 10. The molecule has 2 aliphatic rings. The number of carbonyl (C=O) groups is 3. The number of aliphatic hydroxyl groups is 2. The van der Waals surface area contributed by atoms with Crippen LogP contribution in [0.25, 0.3) is 0 Å². The highest BCUT2D eigenvalue weighted by Crippen LogP contribution is 2.39. The van der Waals surface area contributed by atoms with Gasteiger partial charge in [-0.05, 0) is 72.7 Å². The summed E-state index contributed by atoms with van der Waals surface area (Å²) in [6, 6.07) is 7.42. The number of amides is 1. The van der Waals surface area contributed by atoms with E-state index in [1.165, 1.54) is 21.1 Å². The number of methoxy groups -OCH3 is 2. The molecule has 0 bridgehead atoms. The van der Waals surface area contributed by atoms with Crippen molar-refractivity contribution in [1.29, 1.82) is 0 Å². The molecule has 14 heteroatoms. The zero-order valence-corrected chi connectivity index (χ0v) is 35.8. The van der Waals surface area contributed by atoms with Crippen LogP contribution in [0.1, 0.15) is 80.2 Å². The molecule has 0 radical (unpaired) electrons. The number of hydrogen-bond donors (Lipinski definition) is 3. The predicted molar refractivity (Wildman–Crippen MR) is 207 cm³/mol. The molecule has 2 fully saturated rings. The minimum absolute atomic E-state index is 0.0782. The maximum Gasteiger partial charge on any atom is 0.407 e. The van der Waals surface area contributed by atoms with Crippen LogP contribution in [-0.2, 0) is 44.4 Å². The molecular weight excluding hydrogens is 764 g/mol. The van der Waals surface area contributed by atoms with E-state index in [9.17, 15) is 24.6 Å². The number of Topliss-reactive ketones (excluding diaryl/α,β-unsaturated/α-hetero) is 1. The lowest BCUT2D eigenvalue weighted by Crippen LogP contribution is -2.59. The quantitative estimate of drug-likeness (QED) is 0.274. The molecule has 3 rings (SSSR count). The zero-order chi connectivity index (χ0) is 40.7. The van der Waals surface area contributed by atoms with Crippen molar-refractivity contribution in [3.8, 4) is 0 Å². The summed E-state index contributed by atoms with van der Waals surface area (Å²) in [5.74, 6) is -4.33. The highest BCUT2D eigenvalue weighted by molar-refractivity contribution is 9.10. The fraction of sp³-hybridized carbons (Fsp3) is 0.775. The van der Waals surface area contributed by atoms with Crippen LogP contribution in [0, 0.1) is 23.7 Å². The number of nitrogens with zero attached hydrogens (tertiary/aromatic N) is 1. The Kier molecular flexibility index (Phi) is 16.9. The lowest BCUT2D eigenvalue weighted by molar-refractivity contribution is -0.282. The molecule has 0 aromatic heterocycles. The summed E-state index contributed by atoms with van der Waals surface area (Å²) in [7, 11) is 6.68. The molecule has 1 aromatic rings. The average Bonchev–Trinajstić information content (AvgIpc) is 3.12. The number of ether oxygens (including phenoxy) is 6. The molecule has 1 aromatic carbocycles. The fourth-order valence-electron chi connectivity index (χ4n) is 8.04. The molecule has 54 heavy (non-hydrogen) atoms. The fourth-order valence-corrected chi connectivity index (χ4v) is 8.52. The summed E-state index contributed by atoms with van der Waals surface area (Å²) >= 11 is 3.54. The summed E-state index contributed by atoms with van der Waals surface area (Å²) in [5.41, 5.74) is -1.95. The molecule has 1 unspecified atom stereocenters. The molecule has 2 saturated heterocycles. The van der Waals surface area contributed by atoms with Crippen LogP contribution in [0.3, 0.4) is 0 Å². The zero-order valence-electron chi connectivity index (χ0n) is 34.2. The van der Waals surface area contributed by atoms with Crippen LogP contribution in [0.4, 0.5) is 4.79 Å². The van der Waals surface area contributed by atoms with Crippen molar-refractivity contribution in [3.05, 3.63) is 34.3 Å². The van der Waals surface area contributed by atoms with E-state index >= 15 is 0 Å². The summed E-state index contributed by atoms with van der Waals surface area (Å²) < 4.78 is 37.9. The van der Waals surface area contributed by atoms with Gasteiger partial charge in [0.1, 0.15) is 29.7 Å². The van der Waals surface area contributed by atoms with Crippen LogP contribution >= 0.6 is 15.9 Å². The number of aliphatic hydroxyl groups excluding tert-OH is 1. The minimum Gasteiger partial charge on any atom is -0.459 e. The van der Waals surface area contributed by atoms with Gasteiger partial charge >= 0.3 is 12.1 Å². The highest BCUT2D eigenvalue weighted by Gasteiger charge is 2.52. The normalized spacial score (nSPS) is 38.7. The molecule has 308 valence electrons. The van der Waals surface area contributed by atoms with Crippen molar-refractivity contribution in [2.24, 2.45) is 23.7 Å². The van der Waals surface area contributed by atoms with Crippen LogP contribution in [0.5, 0.6) is 0 Å². The SMILES string of the molecule is CC[C@H]1OC(=O)[C@H](C)[C@@H](OC(=O)NCCc2ccccc2Br)[C@H](C)[C@@H](O[C@@H]2O[C@H](C)C[C@H](N(C)C)[C@H]2O)C[C@@](C)(OC)[C@@H](C)C(=O)C(C)[C@@H](OC)[C@]1(C)O. The maximum absolute atomic E-state index is 14.3. The topological polar surface area (TPSA) is 162 Å². The summed E-state index contributed by atoms with van der Waals surface area (Å²) in [6.45, 7) is 14.1. The van der Waals surface area contributed by atoms with E-state index in [-0.39, 0.29) is 37.3 Å². The van der Waals surface area contributed by atoms with Crippen LogP contribution < -0.4 is 5.32 Å². The summed E-state index contributed by atoms with van der Waals surface area (Å²) in [4.78, 5) is 43.9. The van der Waals surface area contributed by atoms with Gasteiger partial charge in [-0.1, -0.05) is 61.8 Å². The van der Waals surface area contributed by atoms with Gasteiger partial charge in [-0.25, -0.2) is 4.79 Å². The van der Waals surface area contributed by atoms with Gasteiger partial charge < -0.3 is 48.9 Å². The van der Waals surface area contributed by atoms with E-state index in [1.54, 1.807) is 41.5 Å². The first-order chi connectivity index (χ1) is 25.2. The van der Waals surface area contributed by atoms with Crippen LogP contribution in [0.2, 0.25) is 0 Å². The number of ketones is 1. The highest BCUT2D eigenvalue weighted by atomic mass is 79.9. The number of esters is 1. The molecule has 0 saturated carbocycles. The first-order valence-corrected chi connectivity index (χ1v) is 19.9. The average molecular weight is 830 g/mol. The summed E-state index contributed by atoms with van der Waals surface area (Å²) in [5, 5.41) is 26.3. The molecule has 2 aliphatic heterocycles. The molecule has 0 spiro atoms. The molecule has 0 aliphatic carbocycles. The third kappa shape index (κ3) is 10.8. The second-order valence-corrected chi connectivity index (χ2v) is 16.7. The number of likely N-dealkylation sites (N-methyl/N-ethyl adjacent to an activating group) is 1. The Morgan fingerprint density at radius 3 is 2.30 bits per heavy atom. The van der Waals surface area contributed by atoms with Gasteiger partial charge in [0.2, 0.25) is 0 Å². The van der Waals surface area contributed by atoms with Crippen molar-refractivity contribution in [3.63, 3.8) is 0 Å². The van der Waals surface area contributed by atoms with Crippen molar-refractivity contribution in [2.45, 2.75) is 141 Å². The second-order valence-electron chi connectivity index (χ2n) is 15.9. The molecule has 1 amide bonds. The van der Waals surface area contributed by atoms with Gasteiger partial charge in [0.05, 0.1) is 29.8 Å². The number of alkyl carbamates (subject to hydrolysis) is 1. The molecular formula is C40H65BrN2O11. The van der Waals surface area contributed by atoms with Crippen LogP contribution in [0.15, 0.2) is 28.7 Å². The minimum atomic E-state index is -1.77. The number of hydrogen-bond acceptors (Lipinski definition) is 12. The molecule has 14 atom stereocenters. The van der Waals surface area contributed by atoms with E-state index in [1.807, 2.05) is 50.2 Å². The lowest BCUT2D eigenvalue weighted by Gasteiger charge is -2.46. The van der Waals surface area contributed by atoms with Crippen molar-refractivity contribution < 1.29 is 53.0 Å². The standard InChI is InChI=1S/C40H65BrN2O11/c1-13-31-40(8,48)35(49-11)24(4)32(44)26(6)39(7,50-12)21-30(52-37-33(45)29(43(9)10)20-22(2)51-37)23(3)34(25(5)36(46)53-31)54-38(47)42-19-18-27-16-14-15-17-28(27)41/h14-17,22-26,29-31,33-35,37,45,48H,13,18-21H2,1-12H3,(H,42,47)/t22-,23-,24?,25-,26+,29+,30+,31-,33-,34+,35-,37+,39-,40-/m1/s1. The van der Waals surface area contributed by atoms with E-state index in [0.717, 1.165) is 10.0 Å².